The summed E-state index contributed by atoms with van der Waals surface area (Å²) >= 11 is 13.3. The van der Waals surface area contributed by atoms with Gasteiger partial charge in [0.15, 0.2) is 5.84 Å². The number of nitrogens with one attached hydrogen (secondary N) is 3. The van der Waals surface area contributed by atoms with Gasteiger partial charge < -0.3 is 30.3 Å². The molecule has 0 bridgehead atoms. The van der Waals surface area contributed by atoms with Gasteiger partial charge in [-0.25, -0.2) is 0 Å². The minimum Gasteiger partial charge on any atom is -0.486 e. The fourth-order valence-electron chi connectivity index (χ4n) is 5.20. The number of carbonyl (C=O) groups excluding carboxylic acids is 3. The summed E-state index contributed by atoms with van der Waals surface area (Å²) in [6.07, 6.45) is 2.51. The van der Waals surface area contributed by atoms with Gasteiger partial charge in [0, 0.05) is 50.4 Å². The summed E-state index contributed by atoms with van der Waals surface area (Å²) < 4.78 is 13.7. The van der Waals surface area contributed by atoms with Crippen molar-refractivity contribution in [3.63, 3.8) is 0 Å². The molecule has 0 aliphatic carbocycles. The van der Waals surface area contributed by atoms with E-state index in [0.717, 1.165) is 11.2 Å². The van der Waals surface area contributed by atoms with E-state index in [1.165, 1.54) is 4.90 Å². The van der Waals surface area contributed by atoms with Gasteiger partial charge in [0.05, 0.1) is 42.1 Å². The van der Waals surface area contributed by atoms with Gasteiger partial charge in [0.1, 0.15) is 17.9 Å². The van der Waals surface area contributed by atoms with E-state index in [1.807, 2.05) is 34.9 Å². The number of aliphatic imine (C=N–C) groups is 1. The smallest absolute Gasteiger partial charge is 0.297 e. The highest BCUT2D eigenvalue weighted by Gasteiger charge is 2.22. The number of amides is 3. The monoisotopic (exact) mass is 694 g/mol. The SMILES string of the molecule is CNC(=O)C1=NCC(CCC(=O)NCC(=O)N(C)c2ccc(Cl)c(COc3cccc4c3nc(OC)n4Cc3ccccn3)c2Cl)CN1. The molecule has 48 heavy (non-hydrogen) atoms. The molecule has 13 nitrogen and oxygen atoms in total. The van der Waals surface area contributed by atoms with Gasteiger partial charge in [-0.3, -0.25) is 28.9 Å². The third-order valence-corrected chi connectivity index (χ3v) is 8.71. The van der Waals surface area contributed by atoms with Crippen LogP contribution in [0.25, 0.3) is 11.0 Å². The van der Waals surface area contributed by atoms with Crippen molar-refractivity contribution < 1.29 is 23.9 Å². The predicted molar refractivity (Wildman–Crippen MR) is 184 cm³/mol. The lowest BCUT2D eigenvalue weighted by Crippen LogP contribution is -2.44. The molecule has 3 N–H and O–H groups in total. The molecule has 0 saturated heterocycles. The summed E-state index contributed by atoms with van der Waals surface area (Å²) in [6.45, 7) is 1.24. The molecule has 0 spiro atoms. The number of pyridine rings is 1. The molecule has 3 heterocycles. The number of likely N-dealkylation sites (N-methyl/N-ethyl adjacent to an activating group) is 2. The van der Waals surface area contributed by atoms with Crippen LogP contribution in [0.5, 0.6) is 11.8 Å². The van der Waals surface area contributed by atoms with Crippen molar-refractivity contribution in [2.45, 2.75) is 26.0 Å². The first-order valence-electron chi connectivity index (χ1n) is 15.3. The lowest BCUT2D eigenvalue weighted by atomic mass is 10.0. The average molecular weight is 696 g/mol. The normalized spacial score (nSPS) is 14.1. The number of hydrogen-bond donors (Lipinski definition) is 3. The van der Waals surface area contributed by atoms with E-state index in [0.29, 0.717) is 65.4 Å². The second-order valence-corrected chi connectivity index (χ2v) is 11.8. The van der Waals surface area contributed by atoms with Crippen LogP contribution in [0, 0.1) is 5.92 Å². The van der Waals surface area contributed by atoms with Gasteiger partial charge in [-0.1, -0.05) is 35.3 Å². The first-order valence-corrected chi connectivity index (χ1v) is 16.0. The number of ether oxygens (including phenoxy) is 2. The molecule has 15 heteroatoms. The average Bonchev–Trinajstić information content (AvgIpc) is 3.47. The van der Waals surface area contributed by atoms with E-state index in [4.69, 9.17) is 32.7 Å². The van der Waals surface area contributed by atoms with Crippen LogP contribution < -0.4 is 30.3 Å². The van der Waals surface area contributed by atoms with Gasteiger partial charge >= 0.3 is 0 Å². The number of amidine groups is 1. The van der Waals surface area contributed by atoms with Crippen LogP contribution >= 0.6 is 23.2 Å². The summed E-state index contributed by atoms with van der Waals surface area (Å²) in [5.41, 5.74) is 3.14. The molecule has 2 aromatic heterocycles. The third kappa shape index (κ3) is 7.97. The number of carbonyl (C=O) groups is 3. The topological polar surface area (TPSA) is 152 Å². The molecular weight excluding hydrogens is 659 g/mol. The maximum atomic E-state index is 13.0. The maximum Gasteiger partial charge on any atom is 0.297 e. The number of halogens is 2. The summed E-state index contributed by atoms with van der Waals surface area (Å²) in [5, 5.41) is 8.80. The highest BCUT2D eigenvalue weighted by atomic mass is 35.5. The number of nitrogens with zero attached hydrogens (tertiary/aromatic N) is 5. The molecule has 0 fully saturated rings. The van der Waals surface area contributed by atoms with Crippen molar-refractivity contribution in [1.29, 1.82) is 0 Å². The Labute approximate surface area is 287 Å². The van der Waals surface area contributed by atoms with E-state index < -0.39 is 0 Å². The molecular formula is C33H36Cl2N8O5. The minimum atomic E-state index is -0.367. The lowest BCUT2D eigenvalue weighted by molar-refractivity contribution is -0.125. The summed E-state index contributed by atoms with van der Waals surface area (Å²) in [5.74, 6) is -0.0000156. The second kappa shape index (κ2) is 15.8. The van der Waals surface area contributed by atoms with Crippen LogP contribution in [0.4, 0.5) is 5.69 Å². The zero-order valence-electron chi connectivity index (χ0n) is 26.8. The molecule has 1 atom stereocenters. The maximum absolute atomic E-state index is 13.0. The Balaban J connectivity index is 1.20. The van der Waals surface area contributed by atoms with Gasteiger partial charge in [-0.05, 0) is 48.7 Å². The van der Waals surface area contributed by atoms with E-state index in [1.54, 1.807) is 45.6 Å². The Morgan fingerprint density at radius 3 is 2.67 bits per heavy atom. The molecule has 0 saturated carbocycles. The van der Waals surface area contributed by atoms with Crippen molar-refractivity contribution in [2.75, 3.05) is 45.7 Å². The summed E-state index contributed by atoms with van der Waals surface area (Å²) in [4.78, 5) is 51.9. The van der Waals surface area contributed by atoms with Gasteiger partial charge in [0.25, 0.3) is 11.9 Å². The van der Waals surface area contributed by atoms with Crippen LogP contribution in [0.3, 0.4) is 0 Å². The Morgan fingerprint density at radius 2 is 1.96 bits per heavy atom. The number of benzene rings is 2. The van der Waals surface area contributed by atoms with Gasteiger partial charge in [0.2, 0.25) is 11.8 Å². The fourth-order valence-corrected chi connectivity index (χ4v) is 5.81. The molecule has 5 rings (SSSR count). The number of anilines is 1. The fraction of sp³-hybridized carbons (Fsp3) is 0.333. The number of rotatable bonds is 13. The zero-order valence-corrected chi connectivity index (χ0v) is 28.3. The largest absolute Gasteiger partial charge is 0.486 e. The number of para-hydroxylation sites is 1. The minimum absolute atomic E-state index is 0.00345. The van der Waals surface area contributed by atoms with Crippen LogP contribution in [0.15, 0.2) is 59.7 Å². The highest BCUT2D eigenvalue weighted by Crippen LogP contribution is 2.36. The molecule has 2 aromatic carbocycles. The standard InChI is InChI=1S/C33H36Cl2N8O5/c1-36-32(46)31-39-15-20(16-40-31)10-13-27(44)38-17-28(45)42(2)24-12-11-23(34)22(29(24)35)19-48-26-9-6-8-25-30(26)41-33(47-3)43(25)18-21-7-4-5-14-37-21/h4-9,11-12,14,20H,10,13,15-19H2,1-3H3,(H,36,46)(H,38,44)(H,39,40). The molecule has 1 unspecified atom stereocenters. The molecule has 252 valence electrons. The Bertz CT molecular complexity index is 1830. The first-order chi connectivity index (χ1) is 23.2. The van der Waals surface area contributed by atoms with Crippen LogP contribution in [0.1, 0.15) is 24.1 Å². The molecule has 3 amide bonds. The zero-order chi connectivity index (χ0) is 34.2. The van der Waals surface area contributed by atoms with Crippen LogP contribution in [0.2, 0.25) is 10.0 Å². The van der Waals surface area contributed by atoms with E-state index in [-0.39, 0.29) is 48.2 Å². The quantitative estimate of drug-likeness (QED) is 0.192. The van der Waals surface area contributed by atoms with E-state index in [2.05, 4.69) is 30.9 Å². The highest BCUT2D eigenvalue weighted by molar-refractivity contribution is 6.38. The number of hydrogen-bond acceptors (Lipinski definition) is 9. The van der Waals surface area contributed by atoms with Crippen molar-refractivity contribution >= 4 is 63.5 Å². The van der Waals surface area contributed by atoms with E-state index >= 15 is 0 Å². The van der Waals surface area contributed by atoms with E-state index in [9.17, 15) is 14.4 Å². The number of imidazole rings is 1. The lowest BCUT2D eigenvalue weighted by Gasteiger charge is -2.22. The van der Waals surface area contributed by atoms with Crippen molar-refractivity contribution in [2.24, 2.45) is 10.9 Å². The Kier molecular flexibility index (Phi) is 11.3. The molecule has 1 aliphatic heterocycles. The van der Waals surface area contributed by atoms with Crippen molar-refractivity contribution in [3.8, 4) is 11.8 Å². The Hall–Kier alpha value is -4.88. The summed E-state index contributed by atoms with van der Waals surface area (Å²) in [7, 11) is 4.67. The van der Waals surface area contributed by atoms with Gasteiger partial charge in [-0.2, -0.15) is 4.98 Å². The van der Waals surface area contributed by atoms with Crippen LogP contribution in [-0.2, 0) is 27.5 Å². The third-order valence-electron chi connectivity index (χ3n) is 7.93. The second-order valence-electron chi connectivity index (χ2n) is 11.1. The Morgan fingerprint density at radius 1 is 1.12 bits per heavy atom. The molecule has 0 radical (unpaired) electrons. The predicted octanol–water partition coefficient (Wildman–Crippen LogP) is 3.60. The number of fused-ring (bicyclic) bond motifs is 1. The number of aromatic nitrogens is 3. The molecule has 1 aliphatic rings. The summed E-state index contributed by atoms with van der Waals surface area (Å²) in [6, 6.07) is 15.0. The van der Waals surface area contributed by atoms with Gasteiger partial charge in [-0.15, -0.1) is 0 Å². The van der Waals surface area contributed by atoms with Crippen molar-refractivity contribution in [3.05, 3.63) is 76.0 Å². The molecule has 4 aromatic rings. The van der Waals surface area contributed by atoms with Crippen LogP contribution in [-0.4, -0.2) is 78.9 Å². The first kappa shape index (κ1) is 34.5. The number of methoxy groups -OCH3 is 1. The van der Waals surface area contributed by atoms with Crippen molar-refractivity contribution in [1.82, 2.24) is 30.5 Å².